The van der Waals surface area contributed by atoms with Gasteiger partial charge in [0.25, 0.3) is 5.91 Å². The van der Waals surface area contributed by atoms with Crippen LogP contribution in [0, 0.1) is 0 Å². The van der Waals surface area contributed by atoms with Crippen LogP contribution in [-0.2, 0) is 27.6 Å². The van der Waals surface area contributed by atoms with Gasteiger partial charge < -0.3 is 23.0 Å². The summed E-state index contributed by atoms with van der Waals surface area (Å²) in [6.07, 6.45) is -3.37. The minimum Gasteiger partial charge on any atom is -0.493 e. The predicted molar refractivity (Wildman–Crippen MR) is 118 cm³/mol. The third kappa shape index (κ3) is 6.55. The highest BCUT2D eigenvalue weighted by atomic mass is 32.2. The zero-order valence-corrected chi connectivity index (χ0v) is 19.6. The van der Waals surface area contributed by atoms with Gasteiger partial charge >= 0.3 is 16.3 Å². The van der Waals surface area contributed by atoms with Crippen LogP contribution in [-0.4, -0.2) is 46.6 Å². The summed E-state index contributed by atoms with van der Waals surface area (Å²) in [5.41, 5.74) is -0.663. The summed E-state index contributed by atoms with van der Waals surface area (Å²) in [5.74, 6) is -0.523. The normalized spacial score (nSPS) is 11.8. The third-order valence-electron chi connectivity index (χ3n) is 4.84. The molecule has 0 spiro atoms. The van der Waals surface area contributed by atoms with Crippen LogP contribution >= 0.6 is 0 Å². The van der Waals surface area contributed by atoms with Gasteiger partial charge in [-0.2, -0.15) is 21.6 Å². The Labute approximate surface area is 199 Å². The van der Waals surface area contributed by atoms with Crippen LogP contribution in [0.4, 0.5) is 13.2 Å². The highest BCUT2D eigenvalue weighted by Gasteiger charge is 2.32. The van der Waals surface area contributed by atoms with Crippen molar-refractivity contribution in [3.8, 4) is 11.5 Å². The largest absolute Gasteiger partial charge is 0.493 e. The Morgan fingerprint density at radius 2 is 1.80 bits per heavy atom. The molecule has 0 fully saturated rings. The SMILES string of the molecule is COCCN(Cc1ccc(OC)c(OS(=O)(=O)c2cccc(C(F)(F)F)c2)c1)C(=O)c1ccco1. The first-order valence-electron chi connectivity index (χ1n) is 10.2. The molecule has 0 aliphatic carbocycles. The number of furan rings is 1. The van der Waals surface area contributed by atoms with Crippen molar-refractivity contribution in [2.45, 2.75) is 17.6 Å². The van der Waals surface area contributed by atoms with Crippen molar-refractivity contribution in [3.63, 3.8) is 0 Å². The Hall–Kier alpha value is -3.51. The summed E-state index contributed by atoms with van der Waals surface area (Å²) in [6, 6.07) is 10.6. The molecule has 1 aromatic heterocycles. The number of carbonyl (C=O) groups is 1. The number of alkyl halides is 3. The van der Waals surface area contributed by atoms with Gasteiger partial charge in [0.2, 0.25) is 0 Å². The van der Waals surface area contributed by atoms with Crippen LogP contribution in [0.25, 0.3) is 0 Å². The molecule has 3 rings (SSSR count). The Kier molecular flexibility index (Phi) is 8.07. The van der Waals surface area contributed by atoms with E-state index in [1.165, 1.54) is 43.6 Å². The topological polar surface area (TPSA) is 95.3 Å². The van der Waals surface area contributed by atoms with Crippen LogP contribution in [0.5, 0.6) is 11.5 Å². The molecule has 12 heteroatoms. The number of hydrogen-bond donors (Lipinski definition) is 0. The summed E-state index contributed by atoms with van der Waals surface area (Å²) in [4.78, 5) is 13.5. The Morgan fingerprint density at radius 1 is 1.03 bits per heavy atom. The first kappa shape index (κ1) is 26.1. The van der Waals surface area contributed by atoms with E-state index in [2.05, 4.69) is 0 Å². The quantitative estimate of drug-likeness (QED) is 0.372. The van der Waals surface area contributed by atoms with E-state index >= 15 is 0 Å². The molecule has 188 valence electrons. The molecule has 0 bridgehead atoms. The molecule has 0 unspecified atom stereocenters. The van der Waals surface area contributed by atoms with Crippen molar-refractivity contribution in [2.75, 3.05) is 27.4 Å². The lowest BCUT2D eigenvalue weighted by Crippen LogP contribution is -2.33. The predicted octanol–water partition coefficient (Wildman–Crippen LogP) is 4.36. The Morgan fingerprint density at radius 3 is 2.43 bits per heavy atom. The maximum atomic E-state index is 13.0. The van der Waals surface area contributed by atoms with Gasteiger partial charge in [0.05, 0.1) is 25.5 Å². The van der Waals surface area contributed by atoms with Crippen molar-refractivity contribution in [2.24, 2.45) is 0 Å². The van der Waals surface area contributed by atoms with Gasteiger partial charge in [0.1, 0.15) is 4.90 Å². The maximum absolute atomic E-state index is 13.0. The van der Waals surface area contributed by atoms with E-state index in [-0.39, 0.29) is 37.0 Å². The molecule has 0 atom stereocenters. The number of amides is 1. The fourth-order valence-corrected chi connectivity index (χ4v) is 4.09. The molecule has 1 amide bonds. The summed E-state index contributed by atoms with van der Waals surface area (Å²) in [6.45, 7) is 0.476. The van der Waals surface area contributed by atoms with E-state index < -0.39 is 32.7 Å². The van der Waals surface area contributed by atoms with E-state index in [9.17, 15) is 26.4 Å². The molecule has 35 heavy (non-hydrogen) atoms. The average molecular weight is 513 g/mol. The molecule has 0 saturated carbocycles. The van der Waals surface area contributed by atoms with E-state index in [4.69, 9.17) is 18.1 Å². The van der Waals surface area contributed by atoms with E-state index in [1.54, 1.807) is 12.1 Å². The molecule has 0 N–H and O–H groups in total. The highest BCUT2D eigenvalue weighted by molar-refractivity contribution is 7.87. The third-order valence-corrected chi connectivity index (χ3v) is 6.07. The Bertz CT molecular complexity index is 1260. The lowest BCUT2D eigenvalue weighted by molar-refractivity contribution is -0.137. The van der Waals surface area contributed by atoms with Crippen molar-refractivity contribution >= 4 is 16.0 Å². The number of nitrogens with zero attached hydrogens (tertiary/aromatic N) is 1. The van der Waals surface area contributed by atoms with E-state index in [0.717, 1.165) is 18.2 Å². The fourth-order valence-electron chi connectivity index (χ4n) is 3.11. The van der Waals surface area contributed by atoms with Crippen LogP contribution < -0.4 is 8.92 Å². The Balaban J connectivity index is 1.90. The number of halogens is 3. The number of carbonyl (C=O) groups excluding carboxylic acids is 1. The van der Waals surface area contributed by atoms with E-state index in [0.29, 0.717) is 11.6 Å². The van der Waals surface area contributed by atoms with Crippen LogP contribution in [0.1, 0.15) is 21.7 Å². The molecule has 2 aromatic carbocycles. The highest BCUT2D eigenvalue weighted by Crippen LogP contribution is 2.34. The van der Waals surface area contributed by atoms with Gasteiger partial charge in [-0.05, 0) is 48.0 Å². The second-order valence-electron chi connectivity index (χ2n) is 7.25. The van der Waals surface area contributed by atoms with Gasteiger partial charge in [-0.25, -0.2) is 0 Å². The molecule has 0 saturated heterocycles. The van der Waals surface area contributed by atoms with Gasteiger partial charge in [-0.1, -0.05) is 12.1 Å². The average Bonchev–Trinajstić information content (AvgIpc) is 3.36. The molecule has 1 heterocycles. The first-order chi connectivity index (χ1) is 16.5. The van der Waals surface area contributed by atoms with Crippen molar-refractivity contribution in [1.29, 1.82) is 0 Å². The number of rotatable bonds is 10. The van der Waals surface area contributed by atoms with Gasteiger partial charge in [0, 0.05) is 20.2 Å². The standard InChI is InChI=1S/C23H22F3NO7S/c1-31-12-10-27(22(28)20-7-4-11-33-20)15-16-8-9-19(32-2)21(13-16)34-35(29,30)18-6-3-5-17(14-18)23(24,25)26/h3-9,11,13-14H,10,12,15H2,1-2H3. The summed E-state index contributed by atoms with van der Waals surface area (Å²) in [7, 11) is -1.87. The molecular formula is C23H22F3NO7S. The summed E-state index contributed by atoms with van der Waals surface area (Å²) >= 11 is 0. The van der Waals surface area contributed by atoms with Gasteiger partial charge in [-0.15, -0.1) is 0 Å². The van der Waals surface area contributed by atoms with Crippen LogP contribution in [0.15, 0.2) is 70.2 Å². The van der Waals surface area contributed by atoms with Gasteiger partial charge in [-0.3, -0.25) is 4.79 Å². The monoisotopic (exact) mass is 513 g/mol. The fraction of sp³-hybridized carbons (Fsp3) is 0.261. The molecule has 8 nitrogen and oxygen atoms in total. The lowest BCUT2D eigenvalue weighted by atomic mass is 10.2. The number of benzene rings is 2. The second kappa shape index (κ2) is 10.8. The van der Waals surface area contributed by atoms with Crippen LogP contribution in [0.3, 0.4) is 0 Å². The van der Waals surface area contributed by atoms with Crippen molar-refractivity contribution in [1.82, 2.24) is 4.90 Å². The molecular weight excluding hydrogens is 491 g/mol. The number of ether oxygens (including phenoxy) is 2. The van der Waals surface area contributed by atoms with Gasteiger partial charge in [0.15, 0.2) is 17.3 Å². The van der Waals surface area contributed by atoms with Crippen molar-refractivity contribution < 1.29 is 44.5 Å². The smallest absolute Gasteiger partial charge is 0.416 e. The van der Waals surface area contributed by atoms with E-state index in [1.807, 2.05) is 0 Å². The zero-order valence-electron chi connectivity index (χ0n) is 18.7. The minimum atomic E-state index is -4.73. The lowest BCUT2D eigenvalue weighted by Gasteiger charge is -2.22. The van der Waals surface area contributed by atoms with Crippen molar-refractivity contribution in [3.05, 3.63) is 77.7 Å². The minimum absolute atomic E-state index is 0.0325. The van der Waals surface area contributed by atoms with Crippen LogP contribution in [0.2, 0.25) is 0 Å². The molecule has 0 aliphatic heterocycles. The maximum Gasteiger partial charge on any atom is 0.416 e. The first-order valence-corrected chi connectivity index (χ1v) is 11.6. The number of hydrogen-bond acceptors (Lipinski definition) is 7. The molecule has 0 radical (unpaired) electrons. The summed E-state index contributed by atoms with van der Waals surface area (Å²) in [5, 5.41) is 0. The summed E-state index contributed by atoms with van der Waals surface area (Å²) < 4.78 is 85.1. The second-order valence-corrected chi connectivity index (χ2v) is 8.79. The zero-order chi connectivity index (χ0) is 25.6. The molecule has 0 aliphatic rings. The number of methoxy groups -OCH3 is 2. The molecule has 3 aromatic rings.